The van der Waals surface area contributed by atoms with Crippen LogP contribution in [0.1, 0.15) is 31.9 Å². The number of likely N-dealkylation sites (tertiary alicyclic amines) is 1. The molecule has 1 aromatic carbocycles. The smallest absolute Gasteiger partial charge is 0.0726 e. The highest BCUT2D eigenvalue weighted by Gasteiger charge is 2.18. The van der Waals surface area contributed by atoms with Crippen molar-refractivity contribution in [3.63, 3.8) is 0 Å². The number of nitrogens with one attached hydrogen (secondary N) is 1. The van der Waals surface area contributed by atoms with Crippen LogP contribution in [-0.2, 0) is 11.2 Å². The van der Waals surface area contributed by atoms with Crippen LogP contribution in [-0.4, -0.2) is 49.3 Å². The summed E-state index contributed by atoms with van der Waals surface area (Å²) in [6.07, 6.45) is 4.91. The van der Waals surface area contributed by atoms with Crippen molar-refractivity contribution >= 4 is 16.6 Å². The fraction of sp³-hybridized carbons (Fsp3) is 0.550. The van der Waals surface area contributed by atoms with Crippen LogP contribution >= 0.6 is 0 Å². The van der Waals surface area contributed by atoms with E-state index in [2.05, 4.69) is 47.5 Å². The van der Waals surface area contributed by atoms with Gasteiger partial charge in [-0.1, -0.05) is 31.5 Å². The van der Waals surface area contributed by atoms with E-state index in [4.69, 9.17) is 9.72 Å². The summed E-state index contributed by atoms with van der Waals surface area (Å²) < 4.78 is 5.45. The molecule has 2 heterocycles. The first-order valence-electron chi connectivity index (χ1n) is 9.18. The number of methoxy groups -OCH3 is 1. The number of ether oxygens (including phenoxy) is 1. The monoisotopic (exact) mass is 327 g/mol. The molecule has 1 fully saturated rings. The number of hydrogen-bond acceptors (Lipinski definition) is 4. The van der Waals surface area contributed by atoms with Crippen LogP contribution in [0, 0.1) is 0 Å². The molecule has 0 spiro atoms. The molecule has 1 N–H and O–H groups in total. The minimum absolute atomic E-state index is 0.454. The molecule has 4 heteroatoms. The standard InChI is InChI=1S/C20H29N3O/c1-3-6-16-15-20(18-7-4-5-8-19(18)22-16)21-11-14-23-12-9-17(24-2)10-13-23/h4-5,7-8,15,17H,3,6,9-14H2,1-2H3,(H,21,22). The average Bonchev–Trinajstić information content (AvgIpc) is 2.62. The van der Waals surface area contributed by atoms with Crippen molar-refractivity contribution in [2.45, 2.75) is 38.7 Å². The third-order valence-electron chi connectivity index (χ3n) is 4.89. The molecule has 0 amide bonds. The van der Waals surface area contributed by atoms with Gasteiger partial charge in [0.2, 0.25) is 0 Å². The number of para-hydroxylation sites is 1. The number of aryl methyl sites for hydroxylation is 1. The number of anilines is 1. The van der Waals surface area contributed by atoms with Crippen LogP contribution in [0.4, 0.5) is 5.69 Å². The Morgan fingerprint density at radius 1 is 1.25 bits per heavy atom. The summed E-state index contributed by atoms with van der Waals surface area (Å²) in [5.41, 5.74) is 3.49. The second-order valence-electron chi connectivity index (χ2n) is 6.63. The Balaban J connectivity index is 1.62. The van der Waals surface area contributed by atoms with E-state index in [0.717, 1.165) is 57.4 Å². The lowest BCUT2D eigenvalue weighted by molar-refractivity contribution is 0.0423. The lowest BCUT2D eigenvalue weighted by atomic mass is 10.1. The lowest BCUT2D eigenvalue weighted by Crippen LogP contribution is -2.39. The number of nitrogens with zero attached hydrogens (tertiary/aromatic N) is 2. The Morgan fingerprint density at radius 3 is 2.79 bits per heavy atom. The summed E-state index contributed by atoms with van der Waals surface area (Å²) in [4.78, 5) is 7.30. The predicted molar refractivity (Wildman–Crippen MR) is 101 cm³/mol. The van der Waals surface area contributed by atoms with Crippen LogP contribution in [0.3, 0.4) is 0 Å². The highest BCUT2D eigenvalue weighted by Crippen LogP contribution is 2.23. The van der Waals surface area contributed by atoms with Crippen molar-refractivity contribution < 1.29 is 4.74 Å². The molecule has 1 aromatic heterocycles. The fourth-order valence-corrected chi connectivity index (χ4v) is 3.48. The van der Waals surface area contributed by atoms with E-state index in [1.165, 1.54) is 16.8 Å². The molecule has 0 radical (unpaired) electrons. The maximum Gasteiger partial charge on any atom is 0.0726 e. The average molecular weight is 327 g/mol. The Kier molecular flexibility index (Phi) is 6.05. The van der Waals surface area contributed by atoms with Crippen molar-refractivity contribution in [2.75, 3.05) is 38.6 Å². The summed E-state index contributed by atoms with van der Waals surface area (Å²) in [6.45, 7) is 6.53. The van der Waals surface area contributed by atoms with E-state index in [-0.39, 0.29) is 0 Å². The van der Waals surface area contributed by atoms with Gasteiger partial charge in [-0.25, -0.2) is 0 Å². The van der Waals surface area contributed by atoms with Crippen molar-refractivity contribution in [3.05, 3.63) is 36.0 Å². The number of fused-ring (bicyclic) bond motifs is 1. The minimum atomic E-state index is 0.454. The molecule has 130 valence electrons. The molecule has 1 aliphatic rings. The van der Waals surface area contributed by atoms with Gasteiger partial charge in [-0.2, -0.15) is 0 Å². The van der Waals surface area contributed by atoms with E-state index in [0.29, 0.717) is 6.10 Å². The molecule has 0 aliphatic carbocycles. The maximum atomic E-state index is 5.45. The molecule has 0 atom stereocenters. The van der Waals surface area contributed by atoms with Crippen molar-refractivity contribution in [2.24, 2.45) is 0 Å². The maximum absolute atomic E-state index is 5.45. The van der Waals surface area contributed by atoms with Crippen molar-refractivity contribution in [3.8, 4) is 0 Å². The summed E-state index contributed by atoms with van der Waals surface area (Å²) in [6, 6.07) is 10.6. The third kappa shape index (κ3) is 4.25. The lowest BCUT2D eigenvalue weighted by Gasteiger charge is -2.31. The molecule has 3 rings (SSSR count). The van der Waals surface area contributed by atoms with Gasteiger partial charge in [0.25, 0.3) is 0 Å². The first-order chi connectivity index (χ1) is 11.8. The normalized spacial score (nSPS) is 16.6. The number of piperidine rings is 1. The van der Waals surface area contributed by atoms with Gasteiger partial charge in [0.1, 0.15) is 0 Å². The van der Waals surface area contributed by atoms with Gasteiger partial charge in [-0.3, -0.25) is 4.98 Å². The van der Waals surface area contributed by atoms with Crippen LogP contribution in [0.5, 0.6) is 0 Å². The Labute approximate surface area is 145 Å². The van der Waals surface area contributed by atoms with Gasteiger partial charge in [0.05, 0.1) is 11.6 Å². The molecule has 0 unspecified atom stereocenters. The van der Waals surface area contributed by atoms with Crippen LogP contribution in [0.25, 0.3) is 10.9 Å². The van der Waals surface area contributed by atoms with Gasteiger partial charge in [0.15, 0.2) is 0 Å². The highest BCUT2D eigenvalue weighted by molar-refractivity contribution is 5.91. The molecule has 1 aliphatic heterocycles. The van der Waals surface area contributed by atoms with E-state index in [1.54, 1.807) is 0 Å². The fourth-order valence-electron chi connectivity index (χ4n) is 3.48. The quantitative estimate of drug-likeness (QED) is 0.841. The molecule has 24 heavy (non-hydrogen) atoms. The van der Waals surface area contributed by atoms with E-state index in [1.807, 2.05) is 7.11 Å². The number of rotatable bonds is 7. The van der Waals surface area contributed by atoms with E-state index >= 15 is 0 Å². The topological polar surface area (TPSA) is 37.4 Å². The molecule has 0 saturated carbocycles. The zero-order valence-electron chi connectivity index (χ0n) is 14.9. The number of hydrogen-bond donors (Lipinski definition) is 1. The van der Waals surface area contributed by atoms with Crippen LogP contribution < -0.4 is 5.32 Å². The second kappa shape index (κ2) is 8.45. The van der Waals surface area contributed by atoms with Gasteiger partial charge in [-0.15, -0.1) is 0 Å². The number of aromatic nitrogens is 1. The van der Waals surface area contributed by atoms with E-state index < -0.39 is 0 Å². The zero-order chi connectivity index (χ0) is 16.8. The van der Waals surface area contributed by atoms with Crippen molar-refractivity contribution in [1.82, 2.24) is 9.88 Å². The first-order valence-corrected chi connectivity index (χ1v) is 9.18. The summed E-state index contributed by atoms with van der Waals surface area (Å²) in [5.74, 6) is 0. The molecule has 1 saturated heterocycles. The minimum Gasteiger partial charge on any atom is -0.383 e. The molecule has 2 aromatic rings. The Bertz CT molecular complexity index is 650. The Hall–Kier alpha value is -1.65. The molecule has 4 nitrogen and oxygen atoms in total. The summed E-state index contributed by atoms with van der Waals surface area (Å²) in [7, 11) is 1.82. The van der Waals surface area contributed by atoms with Crippen LogP contribution in [0.15, 0.2) is 30.3 Å². The van der Waals surface area contributed by atoms with Gasteiger partial charge in [0, 0.05) is 50.1 Å². The van der Waals surface area contributed by atoms with E-state index in [9.17, 15) is 0 Å². The Morgan fingerprint density at radius 2 is 2.04 bits per heavy atom. The largest absolute Gasteiger partial charge is 0.383 e. The number of pyridine rings is 1. The third-order valence-corrected chi connectivity index (χ3v) is 4.89. The van der Waals surface area contributed by atoms with Gasteiger partial charge >= 0.3 is 0 Å². The predicted octanol–water partition coefficient (Wildman–Crippen LogP) is 3.71. The second-order valence-corrected chi connectivity index (χ2v) is 6.63. The highest BCUT2D eigenvalue weighted by atomic mass is 16.5. The molecular weight excluding hydrogens is 298 g/mol. The summed E-state index contributed by atoms with van der Waals surface area (Å²) >= 11 is 0. The van der Waals surface area contributed by atoms with Crippen LogP contribution in [0.2, 0.25) is 0 Å². The number of benzene rings is 1. The molecule has 0 bridgehead atoms. The summed E-state index contributed by atoms with van der Waals surface area (Å²) in [5, 5.41) is 4.86. The zero-order valence-corrected chi connectivity index (χ0v) is 14.9. The molecular formula is C20H29N3O. The first kappa shape index (κ1) is 17.2. The van der Waals surface area contributed by atoms with Gasteiger partial charge < -0.3 is 15.0 Å². The SMILES string of the molecule is CCCc1cc(NCCN2CCC(OC)CC2)c2ccccc2n1. The van der Waals surface area contributed by atoms with Gasteiger partial charge in [-0.05, 0) is 31.4 Å². The van der Waals surface area contributed by atoms with Crippen molar-refractivity contribution in [1.29, 1.82) is 0 Å².